The summed E-state index contributed by atoms with van der Waals surface area (Å²) in [5.41, 5.74) is 0.516. The van der Waals surface area contributed by atoms with Gasteiger partial charge in [0.2, 0.25) is 0 Å². The summed E-state index contributed by atoms with van der Waals surface area (Å²) in [7, 11) is 0. The number of hydrogen-bond acceptors (Lipinski definition) is 5. The van der Waals surface area contributed by atoms with Crippen LogP contribution in [0.5, 0.6) is 11.5 Å². The normalized spacial score (nSPS) is 22.4. The summed E-state index contributed by atoms with van der Waals surface area (Å²) >= 11 is 0. The molecule has 0 spiro atoms. The number of benzene rings is 1. The maximum atomic E-state index is 13.1. The van der Waals surface area contributed by atoms with Crippen molar-refractivity contribution in [1.82, 2.24) is 4.90 Å². The minimum absolute atomic E-state index is 0.0454. The first-order valence-corrected chi connectivity index (χ1v) is 9.14. The predicted molar refractivity (Wildman–Crippen MR) is 93.8 cm³/mol. The third-order valence-corrected chi connectivity index (χ3v) is 4.83. The molecule has 2 atom stereocenters. The van der Waals surface area contributed by atoms with Gasteiger partial charge < -0.3 is 24.2 Å². The fourth-order valence-electron chi connectivity index (χ4n) is 3.68. The zero-order chi connectivity index (χ0) is 18.5. The number of rotatable bonds is 6. The highest BCUT2D eigenvalue weighted by molar-refractivity contribution is 5.95. The summed E-state index contributed by atoms with van der Waals surface area (Å²) in [6.45, 7) is 2.90. The van der Waals surface area contributed by atoms with Gasteiger partial charge in [0, 0.05) is 12.1 Å². The quantitative estimate of drug-likeness (QED) is 0.835. The Kier molecular flexibility index (Phi) is 5.98. The number of ether oxygens (including phenoxy) is 3. The smallest absolute Gasteiger partial charge is 0.341 e. The zero-order valence-corrected chi connectivity index (χ0v) is 15.0. The van der Waals surface area contributed by atoms with E-state index in [4.69, 9.17) is 19.3 Å². The molecular weight excluding hydrogens is 338 g/mol. The number of morpholine rings is 1. The van der Waals surface area contributed by atoms with Crippen molar-refractivity contribution in [3.05, 3.63) is 23.8 Å². The Balaban J connectivity index is 1.79. The van der Waals surface area contributed by atoms with Crippen molar-refractivity contribution in [3.8, 4) is 11.5 Å². The highest BCUT2D eigenvalue weighted by atomic mass is 16.5. The molecule has 0 aromatic heterocycles. The fourth-order valence-corrected chi connectivity index (χ4v) is 3.68. The average Bonchev–Trinajstić information content (AvgIpc) is 2.66. The van der Waals surface area contributed by atoms with E-state index in [2.05, 4.69) is 0 Å². The second-order valence-corrected chi connectivity index (χ2v) is 6.54. The van der Waals surface area contributed by atoms with Gasteiger partial charge in [-0.1, -0.05) is 12.8 Å². The predicted octanol–water partition coefficient (Wildman–Crippen LogP) is 2.33. The number of carboxylic acids is 1. The number of carbonyl (C=O) groups is 2. The van der Waals surface area contributed by atoms with E-state index in [0.29, 0.717) is 36.8 Å². The fraction of sp³-hybridized carbons (Fsp3) is 0.579. The molecule has 0 bridgehead atoms. The highest BCUT2D eigenvalue weighted by Crippen LogP contribution is 2.32. The lowest BCUT2D eigenvalue weighted by molar-refractivity contribution is -0.139. The largest absolute Gasteiger partial charge is 0.490 e. The van der Waals surface area contributed by atoms with Crippen LogP contribution in [0.25, 0.3) is 0 Å². The Morgan fingerprint density at radius 2 is 2.04 bits per heavy atom. The molecule has 1 heterocycles. The summed E-state index contributed by atoms with van der Waals surface area (Å²) in [5, 5.41) is 8.78. The van der Waals surface area contributed by atoms with Gasteiger partial charge >= 0.3 is 5.97 Å². The molecule has 1 saturated carbocycles. The molecule has 1 saturated heterocycles. The number of nitrogens with zero attached hydrogens (tertiary/aromatic N) is 1. The number of fused-ring (bicyclic) bond motifs is 1. The van der Waals surface area contributed by atoms with E-state index in [1.807, 2.05) is 11.8 Å². The van der Waals surface area contributed by atoms with Crippen LogP contribution in [0.4, 0.5) is 0 Å². The first-order valence-electron chi connectivity index (χ1n) is 9.14. The van der Waals surface area contributed by atoms with Crippen LogP contribution in [-0.2, 0) is 9.53 Å². The zero-order valence-electron chi connectivity index (χ0n) is 15.0. The van der Waals surface area contributed by atoms with Crippen molar-refractivity contribution in [2.45, 2.75) is 44.8 Å². The lowest BCUT2D eigenvalue weighted by atomic mass is 9.89. The maximum absolute atomic E-state index is 13.1. The number of carboxylic acid groups (broad SMARTS) is 1. The second-order valence-electron chi connectivity index (χ2n) is 6.54. The van der Waals surface area contributed by atoms with E-state index in [-0.39, 0.29) is 18.1 Å². The standard InChI is InChI=1S/C19H25NO6/c1-2-24-17-11-13(7-8-16(17)26-12-18(21)22)19(23)20-9-10-25-15-6-4-3-5-14(15)20/h7-8,11,14-15H,2-6,9-10,12H2,1H3,(H,21,22)/t14-,15+/m0/s1. The summed E-state index contributed by atoms with van der Waals surface area (Å²) in [6, 6.07) is 5.02. The van der Waals surface area contributed by atoms with Crippen LogP contribution in [0.1, 0.15) is 43.0 Å². The summed E-state index contributed by atoms with van der Waals surface area (Å²) in [6.07, 6.45) is 4.36. The van der Waals surface area contributed by atoms with Crippen LogP contribution in [-0.4, -0.2) is 60.4 Å². The van der Waals surface area contributed by atoms with Crippen molar-refractivity contribution in [2.75, 3.05) is 26.4 Å². The Bertz CT molecular complexity index is 659. The third kappa shape index (κ3) is 4.09. The molecule has 0 radical (unpaired) electrons. The van der Waals surface area contributed by atoms with Crippen molar-refractivity contribution in [3.63, 3.8) is 0 Å². The van der Waals surface area contributed by atoms with E-state index in [9.17, 15) is 9.59 Å². The lowest BCUT2D eigenvalue weighted by Gasteiger charge is -2.43. The molecule has 3 rings (SSSR count). The van der Waals surface area contributed by atoms with Crippen LogP contribution < -0.4 is 9.47 Å². The van der Waals surface area contributed by atoms with Gasteiger partial charge in [-0.25, -0.2) is 4.79 Å². The van der Waals surface area contributed by atoms with Crippen molar-refractivity contribution in [2.24, 2.45) is 0 Å². The first kappa shape index (κ1) is 18.5. The van der Waals surface area contributed by atoms with Crippen molar-refractivity contribution in [1.29, 1.82) is 0 Å². The lowest BCUT2D eigenvalue weighted by Crippen LogP contribution is -2.54. The van der Waals surface area contributed by atoms with Crippen LogP contribution in [0.3, 0.4) is 0 Å². The second kappa shape index (κ2) is 8.40. The van der Waals surface area contributed by atoms with Crippen LogP contribution in [0.2, 0.25) is 0 Å². The van der Waals surface area contributed by atoms with Crippen molar-refractivity contribution >= 4 is 11.9 Å². The van der Waals surface area contributed by atoms with Crippen LogP contribution in [0, 0.1) is 0 Å². The molecule has 7 nitrogen and oxygen atoms in total. The SMILES string of the molecule is CCOc1cc(C(=O)N2CCO[C@@H]3CCCC[C@@H]32)ccc1OCC(=O)O. The van der Waals surface area contributed by atoms with Gasteiger partial charge in [0.1, 0.15) is 0 Å². The molecule has 1 aliphatic heterocycles. The minimum atomic E-state index is -1.07. The van der Waals surface area contributed by atoms with Gasteiger partial charge in [-0.05, 0) is 38.0 Å². The number of hydrogen-bond donors (Lipinski definition) is 1. The molecule has 2 aliphatic rings. The molecule has 2 fully saturated rings. The van der Waals surface area contributed by atoms with Gasteiger partial charge in [0.05, 0.1) is 25.4 Å². The average molecular weight is 363 g/mol. The van der Waals surface area contributed by atoms with Gasteiger partial charge in [-0.3, -0.25) is 4.79 Å². The Hall–Kier alpha value is -2.28. The Morgan fingerprint density at radius 1 is 1.23 bits per heavy atom. The Labute approximate surface area is 152 Å². The third-order valence-electron chi connectivity index (χ3n) is 4.83. The molecule has 142 valence electrons. The molecule has 1 amide bonds. The van der Waals surface area contributed by atoms with Gasteiger partial charge in [0.15, 0.2) is 18.1 Å². The minimum Gasteiger partial charge on any atom is -0.490 e. The van der Waals surface area contributed by atoms with Gasteiger partial charge in [0.25, 0.3) is 5.91 Å². The molecule has 1 N–H and O–H groups in total. The van der Waals surface area contributed by atoms with Crippen LogP contribution in [0.15, 0.2) is 18.2 Å². The highest BCUT2D eigenvalue weighted by Gasteiger charge is 2.37. The molecule has 0 unspecified atom stereocenters. The number of aliphatic carboxylic acids is 1. The van der Waals surface area contributed by atoms with E-state index in [1.165, 1.54) is 0 Å². The van der Waals surface area contributed by atoms with Crippen molar-refractivity contribution < 1.29 is 28.9 Å². The van der Waals surface area contributed by atoms with E-state index in [0.717, 1.165) is 25.7 Å². The van der Waals surface area contributed by atoms with E-state index in [1.54, 1.807) is 18.2 Å². The monoisotopic (exact) mass is 363 g/mol. The summed E-state index contributed by atoms with van der Waals surface area (Å²) in [5.74, 6) is -0.406. The Morgan fingerprint density at radius 3 is 2.81 bits per heavy atom. The summed E-state index contributed by atoms with van der Waals surface area (Å²) < 4.78 is 16.6. The number of amides is 1. The van der Waals surface area contributed by atoms with E-state index < -0.39 is 12.6 Å². The molecule has 1 aromatic carbocycles. The molecule has 26 heavy (non-hydrogen) atoms. The molecule has 7 heteroatoms. The molecule has 1 aromatic rings. The molecule has 1 aliphatic carbocycles. The van der Waals surface area contributed by atoms with E-state index >= 15 is 0 Å². The van der Waals surface area contributed by atoms with Gasteiger partial charge in [-0.15, -0.1) is 0 Å². The van der Waals surface area contributed by atoms with Crippen LogP contribution >= 0.6 is 0 Å². The maximum Gasteiger partial charge on any atom is 0.341 e. The number of carbonyl (C=O) groups excluding carboxylic acids is 1. The van der Waals surface area contributed by atoms with Gasteiger partial charge in [-0.2, -0.15) is 0 Å². The first-order chi connectivity index (χ1) is 12.6. The molecular formula is C19H25NO6. The topological polar surface area (TPSA) is 85.3 Å². The summed E-state index contributed by atoms with van der Waals surface area (Å²) in [4.78, 5) is 25.7.